The average molecular weight is 407 g/mol. The molecule has 1 aliphatic rings. The Morgan fingerprint density at radius 2 is 1.63 bits per heavy atom. The molecule has 0 bridgehead atoms. The number of rotatable bonds is 10. The van der Waals surface area contributed by atoms with Crippen molar-refractivity contribution in [2.75, 3.05) is 13.2 Å². The molecule has 0 aromatic rings. The molecule has 6 nitrogen and oxygen atoms in total. The van der Waals surface area contributed by atoms with Crippen molar-refractivity contribution in [3.63, 3.8) is 0 Å². The van der Waals surface area contributed by atoms with E-state index in [1.807, 2.05) is 0 Å². The number of esters is 1. The quantitative estimate of drug-likeness (QED) is 0.409. The van der Waals surface area contributed by atoms with Gasteiger partial charge < -0.3 is 18.9 Å². The smallest absolute Gasteiger partial charge is 0.345 e. The predicted octanol–water partition coefficient (Wildman–Crippen LogP) is 4.93. The third kappa shape index (κ3) is 7.84. The molecule has 0 spiro atoms. The minimum Gasteiger partial charge on any atom is -0.459 e. The topological polar surface area (TPSA) is 82.1 Å². The Morgan fingerprint density at radius 3 is 2.04 bits per heavy atom. The molecule has 1 saturated carbocycles. The molecule has 7 heteroatoms. The van der Waals surface area contributed by atoms with E-state index in [-0.39, 0.29) is 25.0 Å². The van der Waals surface area contributed by atoms with Gasteiger partial charge in [0.2, 0.25) is 0 Å². The number of ether oxygens (including phenoxy) is 1. The molecule has 0 aliphatic heterocycles. The number of carbonyl (C=O) groups excluding carboxylic acids is 1. The van der Waals surface area contributed by atoms with Crippen LogP contribution in [0.5, 0.6) is 0 Å². The Labute approximate surface area is 164 Å². The summed E-state index contributed by atoms with van der Waals surface area (Å²) >= 11 is 0. The molecular formula is C20H39O6P. The molecular weight excluding hydrogens is 367 g/mol. The number of hydrogen-bond donors (Lipinski definition) is 1. The molecule has 0 aromatic heterocycles. The van der Waals surface area contributed by atoms with Crippen molar-refractivity contribution < 1.29 is 28.3 Å². The van der Waals surface area contributed by atoms with Crippen LogP contribution in [0, 0.1) is 11.8 Å². The predicted molar refractivity (Wildman–Crippen MR) is 107 cm³/mol. The van der Waals surface area contributed by atoms with Gasteiger partial charge in [0.15, 0.2) is 5.66 Å². The molecule has 1 N–H and O–H groups in total. The van der Waals surface area contributed by atoms with Gasteiger partial charge in [-0.05, 0) is 59.8 Å². The first kappa shape index (κ1) is 24.6. The highest BCUT2D eigenvalue weighted by Gasteiger charge is 2.50. The molecule has 1 rings (SSSR count). The lowest BCUT2D eigenvalue weighted by Crippen LogP contribution is -2.41. The Morgan fingerprint density at radius 1 is 1.11 bits per heavy atom. The fourth-order valence-electron chi connectivity index (χ4n) is 3.99. The van der Waals surface area contributed by atoms with E-state index < -0.39 is 30.9 Å². The third-order valence-electron chi connectivity index (χ3n) is 4.88. The Kier molecular flexibility index (Phi) is 9.98. The van der Waals surface area contributed by atoms with Crippen LogP contribution in [-0.2, 0) is 23.1 Å². The maximum Gasteiger partial charge on any atom is 0.345 e. The van der Waals surface area contributed by atoms with Crippen LogP contribution >= 0.6 is 7.60 Å². The van der Waals surface area contributed by atoms with Gasteiger partial charge in [0, 0.05) is 0 Å². The summed E-state index contributed by atoms with van der Waals surface area (Å²) in [7, 11) is -3.74. The van der Waals surface area contributed by atoms with E-state index in [0.717, 1.165) is 25.7 Å². The van der Waals surface area contributed by atoms with E-state index >= 15 is 0 Å². The minimum atomic E-state index is -3.74. The molecule has 27 heavy (non-hydrogen) atoms. The maximum absolute atomic E-state index is 13.7. The van der Waals surface area contributed by atoms with Gasteiger partial charge >= 0.3 is 13.6 Å². The normalized spacial score (nSPS) is 20.1. The molecule has 3 atom stereocenters. The third-order valence-corrected chi connectivity index (χ3v) is 7.39. The van der Waals surface area contributed by atoms with Crippen LogP contribution in [0.15, 0.2) is 0 Å². The summed E-state index contributed by atoms with van der Waals surface area (Å²) in [5.74, 6) is -0.659. The average Bonchev–Trinajstić information content (AvgIpc) is 2.53. The molecule has 1 aliphatic carbocycles. The molecule has 160 valence electrons. The van der Waals surface area contributed by atoms with Crippen molar-refractivity contribution in [2.45, 2.75) is 97.4 Å². The summed E-state index contributed by atoms with van der Waals surface area (Å²) in [5, 5.41) is 10.1. The van der Waals surface area contributed by atoms with E-state index in [1.54, 1.807) is 41.5 Å². The van der Waals surface area contributed by atoms with Gasteiger partial charge in [-0.15, -0.1) is 0 Å². The van der Waals surface area contributed by atoms with E-state index in [4.69, 9.17) is 13.8 Å². The first-order chi connectivity index (χ1) is 12.5. The van der Waals surface area contributed by atoms with Gasteiger partial charge in [0.1, 0.15) is 5.60 Å². The van der Waals surface area contributed by atoms with Crippen molar-refractivity contribution in [1.82, 2.24) is 0 Å². The highest BCUT2D eigenvalue weighted by Crippen LogP contribution is 2.59. The number of carbonyl (C=O) groups is 1. The van der Waals surface area contributed by atoms with Crippen molar-refractivity contribution >= 4 is 13.6 Å². The molecule has 0 saturated heterocycles. The minimum absolute atomic E-state index is 0.183. The number of aliphatic hydroxyl groups is 1. The van der Waals surface area contributed by atoms with Crippen LogP contribution in [0.1, 0.15) is 80.1 Å². The summed E-state index contributed by atoms with van der Waals surface area (Å²) in [6.45, 7) is 10.9. The molecule has 0 amide bonds. The monoisotopic (exact) mass is 406 g/mol. The van der Waals surface area contributed by atoms with E-state index in [0.29, 0.717) is 6.42 Å². The summed E-state index contributed by atoms with van der Waals surface area (Å²) in [5.41, 5.74) is -1.73. The molecule has 3 unspecified atom stereocenters. The zero-order valence-corrected chi connectivity index (χ0v) is 18.8. The highest BCUT2D eigenvalue weighted by atomic mass is 31.2. The van der Waals surface area contributed by atoms with Crippen LogP contribution < -0.4 is 0 Å². The van der Waals surface area contributed by atoms with Crippen LogP contribution in [0.3, 0.4) is 0 Å². The van der Waals surface area contributed by atoms with Gasteiger partial charge in [-0.2, -0.15) is 0 Å². The fourth-order valence-corrected chi connectivity index (χ4v) is 6.25. The largest absolute Gasteiger partial charge is 0.459 e. The van der Waals surface area contributed by atoms with Crippen LogP contribution in [0.4, 0.5) is 0 Å². The summed E-state index contributed by atoms with van der Waals surface area (Å²) in [6, 6.07) is 0. The Hall–Kier alpha value is -0.420. The first-order valence-corrected chi connectivity index (χ1v) is 11.9. The van der Waals surface area contributed by atoms with E-state index in [9.17, 15) is 14.5 Å². The van der Waals surface area contributed by atoms with E-state index in [1.165, 1.54) is 6.42 Å². The second-order valence-electron chi connectivity index (χ2n) is 8.50. The lowest BCUT2D eigenvalue weighted by atomic mass is 9.76. The second-order valence-corrected chi connectivity index (χ2v) is 10.7. The molecule has 0 heterocycles. The standard InChI is InChI=1S/C20H39O6P/c1-7-24-27(23,25-8-2)18(19(22)26-20(4,5)6)17(14-15(3)21)16-12-10-9-11-13-16/h15-18,21H,7-14H2,1-6H3. The maximum atomic E-state index is 13.7. The zero-order valence-electron chi connectivity index (χ0n) is 17.9. The summed E-state index contributed by atoms with van der Waals surface area (Å²) in [6.07, 6.45) is 5.00. The number of hydrogen-bond acceptors (Lipinski definition) is 6. The summed E-state index contributed by atoms with van der Waals surface area (Å²) < 4.78 is 30.5. The van der Waals surface area contributed by atoms with Crippen LogP contribution in [-0.4, -0.2) is 41.7 Å². The lowest BCUT2D eigenvalue weighted by molar-refractivity contribution is -0.156. The Bertz CT molecular complexity index is 483. The molecule has 0 aromatic carbocycles. The van der Waals surface area contributed by atoms with Gasteiger partial charge in [-0.3, -0.25) is 9.36 Å². The van der Waals surface area contributed by atoms with E-state index in [2.05, 4.69) is 0 Å². The SMILES string of the molecule is CCOP(=O)(OCC)C(C(=O)OC(C)(C)C)C(CC(C)O)C1CCCCC1. The number of aliphatic hydroxyl groups excluding tert-OH is 1. The van der Waals surface area contributed by atoms with Gasteiger partial charge in [0.25, 0.3) is 0 Å². The van der Waals surface area contributed by atoms with Crippen molar-refractivity contribution in [3.05, 3.63) is 0 Å². The van der Waals surface area contributed by atoms with Crippen molar-refractivity contribution in [3.8, 4) is 0 Å². The van der Waals surface area contributed by atoms with Crippen molar-refractivity contribution in [2.24, 2.45) is 11.8 Å². The van der Waals surface area contributed by atoms with Crippen LogP contribution in [0.2, 0.25) is 0 Å². The molecule has 0 radical (unpaired) electrons. The molecule has 1 fully saturated rings. The van der Waals surface area contributed by atoms with Crippen molar-refractivity contribution in [1.29, 1.82) is 0 Å². The summed E-state index contributed by atoms with van der Waals surface area (Å²) in [4.78, 5) is 13.2. The Balaban J connectivity index is 3.35. The van der Waals surface area contributed by atoms with Gasteiger partial charge in [-0.1, -0.05) is 32.1 Å². The van der Waals surface area contributed by atoms with Gasteiger partial charge in [0.05, 0.1) is 19.3 Å². The fraction of sp³-hybridized carbons (Fsp3) is 0.950. The van der Waals surface area contributed by atoms with Gasteiger partial charge in [-0.25, -0.2) is 0 Å². The first-order valence-electron chi connectivity index (χ1n) is 10.3. The van der Waals surface area contributed by atoms with Crippen LogP contribution in [0.25, 0.3) is 0 Å². The zero-order chi connectivity index (χ0) is 20.7. The highest BCUT2D eigenvalue weighted by molar-refractivity contribution is 7.55. The second kappa shape index (κ2) is 10.9. The lowest BCUT2D eigenvalue weighted by Gasteiger charge is -2.38.